The van der Waals surface area contributed by atoms with Gasteiger partial charge in [0.1, 0.15) is 0 Å². The molecule has 1 unspecified atom stereocenters. The van der Waals surface area contributed by atoms with Gasteiger partial charge in [0.05, 0.1) is 16.8 Å². The highest BCUT2D eigenvalue weighted by Gasteiger charge is 2.42. The zero-order chi connectivity index (χ0) is 13.2. The fourth-order valence-corrected chi connectivity index (χ4v) is 1.49. The average molecular weight is 232 g/mol. The predicted molar refractivity (Wildman–Crippen MR) is 66.6 cm³/mol. The molecule has 0 aromatic rings. The van der Waals surface area contributed by atoms with Gasteiger partial charge in [-0.05, 0) is 55.4 Å². The molecule has 0 aromatic heterocycles. The standard InChI is InChI=1S/C13H28O3/c1-10(14-9)15-12(5,6)13(7,8)16-11(2,3)4/h10H,1-9H3. The summed E-state index contributed by atoms with van der Waals surface area (Å²) in [5, 5.41) is 0. The molecule has 0 aliphatic rings. The smallest absolute Gasteiger partial charge is 0.155 e. The molecule has 3 nitrogen and oxygen atoms in total. The van der Waals surface area contributed by atoms with E-state index in [1.54, 1.807) is 7.11 Å². The summed E-state index contributed by atoms with van der Waals surface area (Å²) in [6, 6.07) is 0. The summed E-state index contributed by atoms with van der Waals surface area (Å²) < 4.78 is 17.0. The molecule has 0 N–H and O–H groups in total. The van der Waals surface area contributed by atoms with Gasteiger partial charge in [0, 0.05) is 7.11 Å². The van der Waals surface area contributed by atoms with Gasteiger partial charge in [0.25, 0.3) is 0 Å². The Morgan fingerprint density at radius 2 is 1.25 bits per heavy atom. The summed E-state index contributed by atoms with van der Waals surface area (Å²) in [5.74, 6) is 0. The van der Waals surface area contributed by atoms with Crippen LogP contribution in [0, 0.1) is 0 Å². The highest BCUT2D eigenvalue weighted by Crippen LogP contribution is 2.33. The third kappa shape index (κ3) is 4.81. The van der Waals surface area contributed by atoms with Crippen molar-refractivity contribution in [2.24, 2.45) is 0 Å². The molecule has 0 aromatic carbocycles. The zero-order valence-corrected chi connectivity index (χ0v) is 12.3. The lowest BCUT2D eigenvalue weighted by molar-refractivity contribution is -0.265. The minimum atomic E-state index is -0.421. The predicted octanol–water partition coefficient (Wildman–Crippen LogP) is 3.37. The molecule has 16 heavy (non-hydrogen) atoms. The molecular weight excluding hydrogens is 204 g/mol. The number of ether oxygens (including phenoxy) is 3. The first kappa shape index (κ1) is 15.9. The molecule has 0 spiro atoms. The molecule has 98 valence electrons. The van der Waals surface area contributed by atoms with Crippen LogP contribution in [0.1, 0.15) is 55.4 Å². The Hall–Kier alpha value is -0.120. The van der Waals surface area contributed by atoms with Gasteiger partial charge in [0.15, 0.2) is 6.29 Å². The summed E-state index contributed by atoms with van der Waals surface area (Å²) >= 11 is 0. The Bertz CT molecular complexity index is 214. The van der Waals surface area contributed by atoms with Gasteiger partial charge in [-0.15, -0.1) is 0 Å². The van der Waals surface area contributed by atoms with Crippen molar-refractivity contribution in [3.8, 4) is 0 Å². The van der Waals surface area contributed by atoms with Gasteiger partial charge in [0.2, 0.25) is 0 Å². The Balaban J connectivity index is 4.70. The second kappa shape index (κ2) is 5.03. The van der Waals surface area contributed by atoms with E-state index in [1.807, 2.05) is 55.4 Å². The van der Waals surface area contributed by atoms with Gasteiger partial charge in [-0.2, -0.15) is 0 Å². The van der Waals surface area contributed by atoms with Crippen LogP contribution in [0.25, 0.3) is 0 Å². The molecule has 0 heterocycles. The third-order valence-electron chi connectivity index (χ3n) is 2.80. The molecule has 0 bridgehead atoms. The monoisotopic (exact) mass is 232 g/mol. The van der Waals surface area contributed by atoms with E-state index in [4.69, 9.17) is 14.2 Å². The maximum absolute atomic E-state index is 6.05. The Kier molecular flexibility index (Phi) is 4.99. The van der Waals surface area contributed by atoms with E-state index < -0.39 is 11.2 Å². The van der Waals surface area contributed by atoms with Gasteiger partial charge < -0.3 is 14.2 Å². The topological polar surface area (TPSA) is 27.7 Å². The first-order chi connectivity index (χ1) is 6.91. The van der Waals surface area contributed by atoms with Crippen LogP contribution in [-0.2, 0) is 14.2 Å². The van der Waals surface area contributed by atoms with Crippen molar-refractivity contribution in [1.82, 2.24) is 0 Å². The summed E-state index contributed by atoms with van der Waals surface area (Å²) in [7, 11) is 1.64. The normalized spacial score (nSPS) is 16.3. The lowest BCUT2D eigenvalue weighted by Gasteiger charge is -2.45. The van der Waals surface area contributed by atoms with Crippen molar-refractivity contribution < 1.29 is 14.2 Å². The summed E-state index contributed by atoms with van der Waals surface area (Å²) in [5.41, 5.74) is -1.01. The van der Waals surface area contributed by atoms with Crippen LogP contribution in [0.5, 0.6) is 0 Å². The average Bonchev–Trinajstić information content (AvgIpc) is 1.98. The number of hydrogen-bond acceptors (Lipinski definition) is 3. The van der Waals surface area contributed by atoms with E-state index in [-0.39, 0.29) is 11.9 Å². The van der Waals surface area contributed by atoms with Crippen LogP contribution in [-0.4, -0.2) is 30.2 Å². The summed E-state index contributed by atoms with van der Waals surface area (Å²) in [4.78, 5) is 0. The van der Waals surface area contributed by atoms with Crippen molar-refractivity contribution in [2.45, 2.75) is 78.5 Å². The third-order valence-corrected chi connectivity index (χ3v) is 2.80. The SMILES string of the molecule is COC(C)OC(C)(C)C(C)(C)OC(C)(C)C. The van der Waals surface area contributed by atoms with Crippen LogP contribution in [0.15, 0.2) is 0 Å². The maximum Gasteiger partial charge on any atom is 0.155 e. The highest BCUT2D eigenvalue weighted by atomic mass is 16.7. The van der Waals surface area contributed by atoms with Crippen LogP contribution in [0.4, 0.5) is 0 Å². The second-order valence-electron chi connectivity index (χ2n) is 6.16. The van der Waals surface area contributed by atoms with Crippen LogP contribution in [0.3, 0.4) is 0 Å². The summed E-state index contributed by atoms with van der Waals surface area (Å²) in [6.07, 6.45) is -0.238. The van der Waals surface area contributed by atoms with E-state index in [1.165, 1.54) is 0 Å². The summed E-state index contributed by atoms with van der Waals surface area (Å²) in [6.45, 7) is 16.2. The van der Waals surface area contributed by atoms with Gasteiger partial charge in [-0.3, -0.25) is 0 Å². The van der Waals surface area contributed by atoms with E-state index in [2.05, 4.69) is 0 Å². The minimum Gasteiger partial charge on any atom is -0.367 e. The van der Waals surface area contributed by atoms with Crippen LogP contribution >= 0.6 is 0 Å². The quantitative estimate of drug-likeness (QED) is 0.680. The molecule has 1 atom stereocenters. The fourth-order valence-electron chi connectivity index (χ4n) is 1.49. The lowest BCUT2D eigenvalue weighted by atomic mass is 9.88. The molecule has 0 radical (unpaired) electrons. The lowest BCUT2D eigenvalue weighted by Crippen LogP contribution is -2.53. The van der Waals surface area contributed by atoms with Crippen molar-refractivity contribution in [3.05, 3.63) is 0 Å². The van der Waals surface area contributed by atoms with E-state index >= 15 is 0 Å². The first-order valence-corrected chi connectivity index (χ1v) is 5.82. The molecule has 0 saturated carbocycles. The fraction of sp³-hybridized carbons (Fsp3) is 1.00. The number of methoxy groups -OCH3 is 1. The van der Waals surface area contributed by atoms with Crippen molar-refractivity contribution in [2.75, 3.05) is 7.11 Å². The number of rotatable bonds is 5. The Labute approximate surface area is 100 Å². The Morgan fingerprint density at radius 1 is 0.812 bits per heavy atom. The van der Waals surface area contributed by atoms with Crippen molar-refractivity contribution >= 4 is 0 Å². The molecule has 0 rings (SSSR count). The molecule has 3 heteroatoms. The molecule has 0 saturated heterocycles. The first-order valence-electron chi connectivity index (χ1n) is 5.82. The molecule has 0 aliphatic heterocycles. The van der Waals surface area contributed by atoms with E-state index in [0.29, 0.717) is 0 Å². The maximum atomic E-state index is 6.05. The molecule has 0 fully saturated rings. The Morgan fingerprint density at radius 3 is 1.56 bits per heavy atom. The van der Waals surface area contributed by atoms with Gasteiger partial charge >= 0.3 is 0 Å². The van der Waals surface area contributed by atoms with E-state index in [9.17, 15) is 0 Å². The second-order valence-corrected chi connectivity index (χ2v) is 6.16. The molecular formula is C13H28O3. The minimum absolute atomic E-state index is 0.194. The highest BCUT2D eigenvalue weighted by molar-refractivity contribution is 4.91. The van der Waals surface area contributed by atoms with Crippen LogP contribution in [0.2, 0.25) is 0 Å². The number of hydrogen-bond donors (Lipinski definition) is 0. The van der Waals surface area contributed by atoms with Gasteiger partial charge in [-0.1, -0.05) is 0 Å². The van der Waals surface area contributed by atoms with Crippen LogP contribution < -0.4 is 0 Å². The van der Waals surface area contributed by atoms with Crippen molar-refractivity contribution in [3.63, 3.8) is 0 Å². The largest absolute Gasteiger partial charge is 0.367 e. The molecule has 0 amide bonds. The van der Waals surface area contributed by atoms with Crippen molar-refractivity contribution in [1.29, 1.82) is 0 Å². The molecule has 0 aliphatic carbocycles. The van der Waals surface area contributed by atoms with E-state index in [0.717, 1.165) is 0 Å². The zero-order valence-electron chi connectivity index (χ0n) is 12.3. The van der Waals surface area contributed by atoms with Gasteiger partial charge in [-0.25, -0.2) is 0 Å².